The number of nitrogens with one attached hydrogen (secondary N) is 1. The van der Waals surface area contributed by atoms with Crippen LogP contribution in [0.1, 0.15) is 42.6 Å². The number of ether oxygens (including phenoxy) is 1. The Kier molecular flexibility index (Phi) is 8.06. The molecule has 4 rings (SSSR count). The van der Waals surface area contributed by atoms with Crippen LogP contribution in [-0.4, -0.2) is 43.6 Å². The Morgan fingerprint density at radius 1 is 0.917 bits per heavy atom. The molecular weight excluding hydrogens is 450 g/mol. The van der Waals surface area contributed by atoms with Gasteiger partial charge in [-0.2, -0.15) is 0 Å². The monoisotopic (exact) mass is 485 g/mol. The van der Waals surface area contributed by atoms with Crippen LogP contribution in [-0.2, 0) is 6.42 Å². The lowest BCUT2D eigenvalue weighted by molar-refractivity contribution is 0.102. The molecule has 2 amide bonds. The Hall–Kier alpha value is -3.64. The van der Waals surface area contributed by atoms with Crippen molar-refractivity contribution in [2.45, 2.75) is 33.1 Å². The third-order valence-electron chi connectivity index (χ3n) is 6.88. The lowest BCUT2D eigenvalue weighted by atomic mass is 9.82. The number of rotatable bonds is 7. The van der Waals surface area contributed by atoms with Crippen LogP contribution in [0.3, 0.4) is 0 Å². The van der Waals surface area contributed by atoms with Crippen molar-refractivity contribution in [3.8, 4) is 5.75 Å². The fourth-order valence-corrected chi connectivity index (χ4v) is 4.23. The van der Waals surface area contributed by atoms with Gasteiger partial charge in [-0.05, 0) is 91.9 Å². The van der Waals surface area contributed by atoms with Gasteiger partial charge in [0, 0.05) is 30.5 Å². The molecule has 0 aliphatic carbocycles. The van der Waals surface area contributed by atoms with Gasteiger partial charge in [0.05, 0.1) is 0 Å². The summed E-state index contributed by atoms with van der Waals surface area (Å²) in [5.74, 6) is 0.232. The molecule has 0 saturated carbocycles. The Morgan fingerprint density at radius 3 is 2.19 bits per heavy atom. The Labute approximate surface area is 213 Å². The van der Waals surface area contributed by atoms with Crippen LogP contribution in [0.2, 0.25) is 0 Å². The van der Waals surface area contributed by atoms with Crippen molar-refractivity contribution in [1.82, 2.24) is 4.90 Å². The molecule has 188 valence electrons. The van der Waals surface area contributed by atoms with Crippen molar-refractivity contribution < 1.29 is 14.3 Å². The first-order valence-corrected chi connectivity index (χ1v) is 12.5. The number of likely N-dealkylation sites (tertiary alicyclic amines) is 1. The summed E-state index contributed by atoms with van der Waals surface area (Å²) >= 11 is 0. The maximum atomic E-state index is 12.7. The van der Waals surface area contributed by atoms with E-state index in [4.69, 9.17) is 4.74 Å². The van der Waals surface area contributed by atoms with Crippen molar-refractivity contribution in [3.63, 3.8) is 0 Å². The number of carbonyl (C=O) groups is 2. The van der Waals surface area contributed by atoms with Gasteiger partial charge in [0.15, 0.2) is 0 Å². The standard InChI is InChI=1S/C30H35N3O3/c1-30(2)18-21-33(22-19-30)20-17-23-9-11-24(12-10-23)28(34)31-25-13-15-27(16-14-25)36-29(35)32(3)26-7-5-4-6-8-26/h4-16H,17-22H2,1-3H3,(H,31,34). The second kappa shape index (κ2) is 11.4. The number of benzene rings is 3. The molecule has 1 heterocycles. The molecule has 1 aliphatic rings. The fraction of sp³-hybridized carbons (Fsp3) is 0.333. The second-order valence-electron chi connectivity index (χ2n) is 10.2. The Bertz CT molecular complexity index is 1150. The maximum absolute atomic E-state index is 12.7. The van der Waals surface area contributed by atoms with E-state index in [1.54, 1.807) is 31.3 Å². The molecule has 6 nitrogen and oxygen atoms in total. The first kappa shape index (κ1) is 25.5. The molecule has 0 bridgehead atoms. The number of hydrogen-bond acceptors (Lipinski definition) is 4. The number of amides is 2. The summed E-state index contributed by atoms with van der Waals surface area (Å²) in [6, 6.07) is 23.9. The van der Waals surface area contributed by atoms with Gasteiger partial charge in [-0.1, -0.05) is 44.2 Å². The zero-order chi connectivity index (χ0) is 25.5. The van der Waals surface area contributed by atoms with E-state index >= 15 is 0 Å². The van der Waals surface area contributed by atoms with E-state index < -0.39 is 6.09 Å². The van der Waals surface area contributed by atoms with Crippen molar-refractivity contribution in [1.29, 1.82) is 0 Å². The second-order valence-corrected chi connectivity index (χ2v) is 10.2. The highest BCUT2D eigenvalue weighted by Crippen LogP contribution is 2.29. The summed E-state index contributed by atoms with van der Waals surface area (Å²) in [6.07, 6.45) is 3.00. The van der Waals surface area contributed by atoms with Gasteiger partial charge >= 0.3 is 6.09 Å². The van der Waals surface area contributed by atoms with Crippen LogP contribution >= 0.6 is 0 Å². The van der Waals surface area contributed by atoms with Gasteiger partial charge in [-0.25, -0.2) is 4.79 Å². The van der Waals surface area contributed by atoms with Crippen LogP contribution in [0.4, 0.5) is 16.2 Å². The number of anilines is 2. The van der Waals surface area contributed by atoms with Crippen molar-refractivity contribution in [2.75, 3.05) is 36.9 Å². The predicted octanol–water partition coefficient (Wildman–Crippen LogP) is 6.24. The predicted molar refractivity (Wildman–Crippen MR) is 145 cm³/mol. The van der Waals surface area contributed by atoms with Crippen LogP contribution in [0.5, 0.6) is 5.75 Å². The summed E-state index contributed by atoms with van der Waals surface area (Å²) in [6.45, 7) is 8.08. The van der Waals surface area contributed by atoms with Gasteiger partial charge in [0.25, 0.3) is 5.91 Å². The molecule has 0 unspecified atom stereocenters. The van der Waals surface area contributed by atoms with Crippen LogP contribution in [0.15, 0.2) is 78.9 Å². The van der Waals surface area contributed by atoms with Crippen LogP contribution in [0.25, 0.3) is 0 Å². The normalized spacial score (nSPS) is 15.2. The number of nitrogens with zero attached hydrogens (tertiary/aromatic N) is 2. The molecule has 0 spiro atoms. The quantitative estimate of drug-likeness (QED) is 0.430. The highest BCUT2D eigenvalue weighted by atomic mass is 16.6. The molecule has 6 heteroatoms. The molecular formula is C30H35N3O3. The van der Waals surface area contributed by atoms with Crippen molar-refractivity contribution in [3.05, 3.63) is 90.0 Å². The number of hydrogen-bond donors (Lipinski definition) is 1. The van der Waals surface area contributed by atoms with E-state index in [9.17, 15) is 9.59 Å². The van der Waals surface area contributed by atoms with Gasteiger partial charge in [-0.3, -0.25) is 9.69 Å². The lowest BCUT2D eigenvalue weighted by Crippen LogP contribution is -2.38. The zero-order valence-electron chi connectivity index (χ0n) is 21.4. The lowest BCUT2D eigenvalue weighted by Gasteiger charge is -2.36. The van der Waals surface area contributed by atoms with E-state index in [1.165, 1.54) is 23.3 Å². The summed E-state index contributed by atoms with van der Waals surface area (Å²) in [4.78, 5) is 29.0. The van der Waals surface area contributed by atoms with E-state index in [1.807, 2.05) is 54.6 Å². The third-order valence-corrected chi connectivity index (χ3v) is 6.88. The van der Waals surface area contributed by atoms with Gasteiger partial charge in [0.2, 0.25) is 0 Å². The molecule has 0 aromatic heterocycles. The third kappa shape index (κ3) is 6.95. The molecule has 3 aromatic rings. The van der Waals surface area contributed by atoms with Gasteiger partial charge in [-0.15, -0.1) is 0 Å². The van der Waals surface area contributed by atoms with Crippen LogP contribution in [0, 0.1) is 5.41 Å². The summed E-state index contributed by atoms with van der Waals surface area (Å²) < 4.78 is 5.44. The van der Waals surface area contributed by atoms with E-state index in [-0.39, 0.29) is 5.91 Å². The van der Waals surface area contributed by atoms with E-state index in [0.717, 1.165) is 31.7 Å². The molecule has 0 atom stereocenters. The number of para-hydroxylation sites is 1. The Balaban J connectivity index is 1.25. The number of piperidine rings is 1. The molecule has 1 aliphatic heterocycles. The highest BCUT2D eigenvalue weighted by molar-refractivity contribution is 6.04. The summed E-state index contributed by atoms with van der Waals surface area (Å²) in [5.41, 5.74) is 3.69. The molecule has 36 heavy (non-hydrogen) atoms. The Morgan fingerprint density at radius 2 is 1.56 bits per heavy atom. The summed E-state index contributed by atoms with van der Waals surface area (Å²) in [5, 5.41) is 2.90. The molecule has 1 saturated heterocycles. The minimum atomic E-state index is -0.484. The maximum Gasteiger partial charge on any atom is 0.419 e. The number of carbonyl (C=O) groups excluding carboxylic acids is 2. The average molecular weight is 486 g/mol. The van der Waals surface area contributed by atoms with E-state index in [0.29, 0.717) is 22.4 Å². The minimum Gasteiger partial charge on any atom is -0.410 e. The highest BCUT2D eigenvalue weighted by Gasteiger charge is 2.24. The zero-order valence-corrected chi connectivity index (χ0v) is 21.4. The minimum absolute atomic E-state index is 0.173. The van der Waals surface area contributed by atoms with Gasteiger partial charge in [0.1, 0.15) is 5.75 Å². The van der Waals surface area contributed by atoms with Gasteiger partial charge < -0.3 is 15.0 Å². The first-order chi connectivity index (χ1) is 17.3. The van der Waals surface area contributed by atoms with E-state index in [2.05, 4.69) is 24.1 Å². The smallest absolute Gasteiger partial charge is 0.410 e. The molecule has 3 aromatic carbocycles. The molecule has 0 radical (unpaired) electrons. The van der Waals surface area contributed by atoms with Crippen LogP contribution < -0.4 is 15.0 Å². The largest absolute Gasteiger partial charge is 0.419 e. The first-order valence-electron chi connectivity index (χ1n) is 12.5. The topological polar surface area (TPSA) is 61.9 Å². The average Bonchev–Trinajstić information content (AvgIpc) is 2.89. The van der Waals surface area contributed by atoms with Crippen molar-refractivity contribution >= 4 is 23.4 Å². The molecule has 1 N–H and O–H groups in total. The molecule has 1 fully saturated rings. The SMILES string of the molecule is CN(C(=O)Oc1ccc(NC(=O)c2ccc(CCN3CCC(C)(C)CC3)cc2)cc1)c1ccccc1. The summed E-state index contributed by atoms with van der Waals surface area (Å²) in [7, 11) is 1.66. The van der Waals surface area contributed by atoms with Crippen molar-refractivity contribution in [2.24, 2.45) is 5.41 Å². The fourth-order valence-electron chi connectivity index (χ4n) is 4.23.